The van der Waals surface area contributed by atoms with Crippen LogP contribution in [-0.4, -0.2) is 25.0 Å². The Labute approximate surface area is 95.0 Å². The molecule has 1 fully saturated rings. The fourth-order valence-corrected chi connectivity index (χ4v) is 3.98. The summed E-state index contributed by atoms with van der Waals surface area (Å²) in [4.78, 5) is 0. The lowest BCUT2D eigenvalue weighted by Gasteiger charge is -2.32. The minimum Gasteiger partial charge on any atom is -0.398 e. The molecule has 0 radical (unpaired) electrons. The molecule has 2 rings (SSSR count). The Bertz CT molecular complexity index is 498. The molecule has 0 saturated carbocycles. The lowest BCUT2D eigenvalue weighted by atomic mass is 9.89. The van der Waals surface area contributed by atoms with E-state index in [1.54, 1.807) is 24.3 Å². The van der Waals surface area contributed by atoms with Crippen LogP contribution in [0.25, 0.3) is 0 Å². The summed E-state index contributed by atoms with van der Waals surface area (Å²) in [5, 5.41) is 10.4. The first-order valence-corrected chi connectivity index (χ1v) is 7.03. The summed E-state index contributed by atoms with van der Waals surface area (Å²) in [6.45, 7) is 0. The summed E-state index contributed by atoms with van der Waals surface area (Å²) >= 11 is 0. The summed E-state index contributed by atoms with van der Waals surface area (Å²) in [5.74, 6) is -0.0732. The van der Waals surface area contributed by atoms with Crippen LogP contribution in [0.4, 0.5) is 5.69 Å². The average Bonchev–Trinajstić information content (AvgIpc) is 2.16. The number of nitrogen functional groups attached to an aromatic ring is 1. The third kappa shape index (κ3) is 2.05. The molecule has 1 heterocycles. The zero-order valence-electron chi connectivity index (χ0n) is 8.89. The molecule has 1 aliphatic rings. The normalized spacial score (nSPS) is 28.8. The molecule has 1 saturated heterocycles. The van der Waals surface area contributed by atoms with Gasteiger partial charge in [0.15, 0.2) is 9.84 Å². The van der Waals surface area contributed by atoms with E-state index in [4.69, 9.17) is 5.73 Å². The van der Waals surface area contributed by atoms with Crippen molar-refractivity contribution in [3.63, 3.8) is 0 Å². The van der Waals surface area contributed by atoms with Gasteiger partial charge in [0.25, 0.3) is 0 Å². The van der Waals surface area contributed by atoms with E-state index in [1.807, 2.05) is 0 Å². The van der Waals surface area contributed by atoms with Crippen LogP contribution in [0.3, 0.4) is 0 Å². The number of nitrogens with two attached hydrogens (primary N) is 1. The zero-order chi connectivity index (χ0) is 11.8. The fourth-order valence-electron chi connectivity index (χ4n) is 2.23. The highest BCUT2D eigenvalue weighted by molar-refractivity contribution is 7.91. The molecule has 1 aromatic rings. The molecule has 1 aliphatic heterocycles. The molecule has 5 heteroatoms. The number of sulfone groups is 1. The Morgan fingerprint density at radius 1 is 1.31 bits per heavy atom. The van der Waals surface area contributed by atoms with Crippen LogP contribution in [0, 0.1) is 0 Å². The largest absolute Gasteiger partial charge is 0.398 e. The second-order valence-electron chi connectivity index (χ2n) is 4.31. The molecule has 0 aromatic heterocycles. The summed E-state index contributed by atoms with van der Waals surface area (Å²) in [5.41, 5.74) is 5.43. The van der Waals surface area contributed by atoms with Gasteiger partial charge in [-0.2, -0.15) is 0 Å². The molecule has 4 nitrogen and oxygen atoms in total. The number of rotatable bonds is 1. The van der Waals surface area contributed by atoms with Gasteiger partial charge < -0.3 is 10.8 Å². The van der Waals surface area contributed by atoms with Crippen molar-refractivity contribution in [1.82, 2.24) is 0 Å². The van der Waals surface area contributed by atoms with Gasteiger partial charge in [0.2, 0.25) is 0 Å². The van der Waals surface area contributed by atoms with Gasteiger partial charge in [0.1, 0.15) is 5.60 Å². The summed E-state index contributed by atoms with van der Waals surface area (Å²) in [6, 6.07) is 6.88. The topological polar surface area (TPSA) is 80.4 Å². The Morgan fingerprint density at radius 3 is 2.62 bits per heavy atom. The third-order valence-electron chi connectivity index (χ3n) is 2.97. The maximum absolute atomic E-state index is 11.5. The molecular formula is C11H15NO3S. The second kappa shape index (κ2) is 3.75. The average molecular weight is 241 g/mol. The lowest BCUT2D eigenvalue weighted by molar-refractivity contribution is 0.0475. The zero-order valence-corrected chi connectivity index (χ0v) is 9.70. The van der Waals surface area contributed by atoms with E-state index in [2.05, 4.69) is 0 Å². The Balaban J connectivity index is 2.43. The van der Waals surface area contributed by atoms with Gasteiger partial charge in [-0.25, -0.2) is 8.42 Å². The Kier molecular flexibility index (Phi) is 2.67. The number of para-hydroxylation sites is 1. The molecule has 88 valence electrons. The molecule has 1 atom stereocenters. The Morgan fingerprint density at radius 2 is 2.00 bits per heavy atom. The quantitative estimate of drug-likeness (QED) is 0.708. The molecule has 16 heavy (non-hydrogen) atoms. The number of hydrogen-bond donors (Lipinski definition) is 2. The number of hydrogen-bond acceptors (Lipinski definition) is 4. The van der Waals surface area contributed by atoms with Gasteiger partial charge in [-0.15, -0.1) is 0 Å². The summed E-state index contributed by atoms with van der Waals surface area (Å²) in [7, 11) is -3.16. The maximum Gasteiger partial charge on any atom is 0.153 e. The standard InChI is InChI=1S/C11H15NO3S/c12-10-5-2-1-4-9(10)11(13)6-3-7-16(14,15)8-11/h1-2,4-5,13H,3,6-8,12H2. The molecule has 0 spiro atoms. The van der Waals surface area contributed by atoms with Crippen LogP contribution >= 0.6 is 0 Å². The summed E-state index contributed by atoms with van der Waals surface area (Å²) < 4.78 is 23.1. The molecule has 0 bridgehead atoms. The van der Waals surface area contributed by atoms with Gasteiger partial charge in [0, 0.05) is 11.3 Å². The monoisotopic (exact) mass is 241 g/mol. The Hall–Kier alpha value is -1.07. The van der Waals surface area contributed by atoms with E-state index >= 15 is 0 Å². The predicted octanol–water partition coefficient (Wildman–Crippen LogP) is 0.665. The first kappa shape index (κ1) is 11.4. The molecular weight excluding hydrogens is 226 g/mol. The minimum absolute atomic E-state index is 0.155. The van der Waals surface area contributed by atoms with Crippen LogP contribution in [-0.2, 0) is 15.4 Å². The van der Waals surface area contributed by atoms with Crippen molar-refractivity contribution < 1.29 is 13.5 Å². The van der Waals surface area contributed by atoms with Gasteiger partial charge in [-0.05, 0) is 18.9 Å². The van der Waals surface area contributed by atoms with E-state index in [0.717, 1.165) is 0 Å². The second-order valence-corrected chi connectivity index (χ2v) is 6.50. The number of benzene rings is 1. The SMILES string of the molecule is Nc1ccccc1C1(O)CCCS(=O)(=O)C1. The van der Waals surface area contributed by atoms with Crippen molar-refractivity contribution in [2.45, 2.75) is 18.4 Å². The number of anilines is 1. The van der Waals surface area contributed by atoms with Gasteiger partial charge >= 0.3 is 0 Å². The van der Waals surface area contributed by atoms with Crippen molar-refractivity contribution in [1.29, 1.82) is 0 Å². The van der Waals surface area contributed by atoms with E-state index in [1.165, 1.54) is 0 Å². The van der Waals surface area contributed by atoms with Crippen molar-refractivity contribution in [2.75, 3.05) is 17.2 Å². The van der Waals surface area contributed by atoms with E-state index in [-0.39, 0.29) is 11.5 Å². The van der Waals surface area contributed by atoms with E-state index in [9.17, 15) is 13.5 Å². The lowest BCUT2D eigenvalue weighted by Crippen LogP contribution is -2.40. The molecule has 0 amide bonds. The van der Waals surface area contributed by atoms with Crippen molar-refractivity contribution in [3.05, 3.63) is 29.8 Å². The number of aliphatic hydroxyl groups is 1. The summed E-state index contributed by atoms with van der Waals surface area (Å²) in [6.07, 6.45) is 0.924. The van der Waals surface area contributed by atoms with Crippen molar-refractivity contribution in [3.8, 4) is 0 Å². The van der Waals surface area contributed by atoms with Gasteiger partial charge in [-0.1, -0.05) is 18.2 Å². The third-order valence-corrected chi connectivity index (χ3v) is 4.79. The maximum atomic E-state index is 11.5. The van der Waals surface area contributed by atoms with Crippen LogP contribution in [0.5, 0.6) is 0 Å². The molecule has 1 aromatic carbocycles. The molecule has 3 N–H and O–H groups in total. The van der Waals surface area contributed by atoms with Gasteiger partial charge in [-0.3, -0.25) is 0 Å². The molecule has 1 unspecified atom stereocenters. The highest BCUT2D eigenvalue weighted by Crippen LogP contribution is 2.35. The van der Waals surface area contributed by atoms with E-state index in [0.29, 0.717) is 24.1 Å². The van der Waals surface area contributed by atoms with Crippen LogP contribution < -0.4 is 5.73 Å². The van der Waals surface area contributed by atoms with Crippen molar-refractivity contribution in [2.24, 2.45) is 0 Å². The van der Waals surface area contributed by atoms with Gasteiger partial charge in [0.05, 0.1) is 11.5 Å². The highest BCUT2D eigenvalue weighted by atomic mass is 32.2. The van der Waals surface area contributed by atoms with Crippen molar-refractivity contribution >= 4 is 15.5 Å². The fraction of sp³-hybridized carbons (Fsp3) is 0.455. The highest BCUT2D eigenvalue weighted by Gasteiger charge is 2.39. The van der Waals surface area contributed by atoms with Crippen LogP contribution in [0.2, 0.25) is 0 Å². The first-order chi connectivity index (χ1) is 7.43. The van der Waals surface area contributed by atoms with E-state index < -0.39 is 15.4 Å². The molecule has 0 aliphatic carbocycles. The minimum atomic E-state index is -3.16. The van der Waals surface area contributed by atoms with Crippen LogP contribution in [0.15, 0.2) is 24.3 Å². The predicted molar refractivity (Wildman–Crippen MR) is 62.6 cm³/mol. The van der Waals surface area contributed by atoms with Crippen LogP contribution in [0.1, 0.15) is 18.4 Å². The first-order valence-electron chi connectivity index (χ1n) is 5.21. The smallest absolute Gasteiger partial charge is 0.153 e.